The SMILES string of the molecule is Cc1c(N=Nc2ccc(COS(=O)(=O)c3ccccc3)cc2)c(O)n(C)c(=O)c1C#N. The second-order valence-electron chi connectivity index (χ2n) is 6.54. The van der Waals surface area contributed by atoms with Crippen LogP contribution < -0.4 is 5.56 Å². The number of aromatic hydroxyl groups is 1. The summed E-state index contributed by atoms with van der Waals surface area (Å²) in [5.41, 5.74) is 0.516. The molecule has 158 valence electrons. The maximum absolute atomic E-state index is 12.2. The number of pyridine rings is 1. The molecular weight excluding hydrogens is 420 g/mol. The van der Waals surface area contributed by atoms with E-state index in [9.17, 15) is 18.3 Å². The lowest BCUT2D eigenvalue weighted by Crippen LogP contribution is -2.20. The van der Waals surface area contributed by atoms with Crippen molar-refractivity contribution in [2.45, 2.75) is 18.4 Å². The standard InChI is InChI=1S/C21H18N4O5S/c1-14-18(12-22)20(26)25(2)21(27)19(14)24-23-16-10-8-15(9-11-16)13-30-31(28,29)17-6-4-3-5-7-17/h3-11,27H,13H2,1-2H3. The summed E-state index contributed by atoms with van der Waals surface area (Å²) in [5, 5.41) is 27.3. The minimum atomic E-state index is -3.86. The van der Waals surface area contributed by atoms with Crippen LogP contribution in [0.15, 0.2) is 74.5 Å². The quantitative estimate of drug-likeness (QED) is 0.462. The highest BCUT2D eigenvalue weighted by Gasteiger charge is 2.17. The molecule has 0 saturated carbocycles. The lowest BCUT2D eigenvalue weighted by atomic mass is 10.1. The first kappa shape index (κ1) is 21.9. The first-order chi connectivity index (χ1) is 14.7. The van der Waals surface area contributed by atoms with Crippen LogP contribution in [0.25, 0.3) is 0 Å². The Balaban J connectivity index is 1.76. The smallest absolute Gasteiger partial charge is 0.297 e. The van der Waals surface area contributed by atoms with Gasteiger partial charge in [0.25, 0.3) is 15.7 Å². The topological polar surface area (TPSA) is 134 Å². The Bertz CT molecular complexity index is 1340. The molecule has 1 N–H and O–H groups in total. The Morgan fingerprint density at radius 1 is 1.10 bits per heavy atom. The monoisotopic (exact) mass is 438 g/mol. The predicted molar refractivity (Wildman–Crippen MR) is 112 cm³/mol. The summed E-state index contributed by atoms with van der Waals surface area (Å²) in [7, 11) is -2.53. The Hall–Kier alpha value is -3.81. The van der Waals surface area contributed by atoms with Crippen LogP contribution in [-0.2, 0) is 28.0 Å². The van der Waals surface area contributed by atoms with E-state index >= 15 is 0 Å². The molecule has 0 unspecified atom stereocenters. The average molecular weight is 438 g/mol. The van der Waals surface area contributed by atoms with Crippen LogP contribution in [0.1, 0.15) is 16.7 Å². The predicted octanol–water partition coefficient (Wildman–Crippen LogP) is 3.59. The van der Waals surface area contributed by atoms with Gasteiger partial charge in [0.2, 0.25) is 5.88 Å². The fourth-order valence-corrected chi connectivity index (χ4v) is 3.61. The zero-order valence-corrected chi connectivity index (χ0v) is 17.5. The van der Waals surface area contributed by atoms with Crippen molar-refractivity contribution in [1.82, 2.24) is 4.57 Å². The highest BCUT2D eigenvalue weighted by atomic mass is 32.2. The molecule has 3 aromatic rings. The molecule has 1 aromatic heterocycles. The van der Waals surface area contributed by atoms with E-state index in [-0.39, 0.29) is 28.3 Å². The second-order valence-corrected chi connectivity index (χ2v) is 8.16. The van der Waals surface area contributed by atoms with Gasteiger partial charge < -0.3 is 5.11 Å². The number of nitrogens with zero attached hydrogens (tertiary/aromatic N) is 4. The van der Waals surface area contributed by atoms with Gasteiger partial charge >= 0.3 is 0 Å². The van der Waals surface area contributed by atoms with Crippen LogP contribution in [0.4, 0.5) is 11.4 Å². The minimum absolute atomic E-state index is 0.0139. The number of hydrogen-bond acceptors (Lipinski definition) is 8. The van der Waals surface area contributed by atoms with E-state index in [4.69, 9.17) is 9.44 Å². The van der Waals surface area contributed by atoms with Gasteiger partial charge in [0.05, 0.1) is 17.2 Å². The van der Waals surface area contributed by atoms with Gasteiger partial charge in [0.15, 0.2) is 5.69 Å². The third-order valence-corrected chi connectivity index (χ3v) is 5.78. The molecule has 0 radical (unpaired) electrons. The minimum Gasteiger partial charge on any atom is -0.493 e. The summed E-state index contributed by atoms with van der Waals surface area (Å²) in [6, 6.07) is 16.1. The summed E-state index contributed by atoms with van der Waals surface area (Å²) in [5.74, 6) is -0.401. The van der Waals surface area contributed by atoms with E-state index in [2.05, 4.69) is 10.2 Å². The highest BCUT2D eigenvalue weighted by Crippen LogP contribution is 2.31. The van der Waals surface area contributed by atoms with Crippen molar-refractivity contribution in [2.24, 2.45) is 17.3 Å². The Labute approximate surface area is 178 Å². The van der Waals surface area contributed by atoms with Crippen LogP contribution in [0.2, 0.25) is 0 Å². The molecule has 10 heteroatoms. The summed E-state index contributed by atoms with van der Waals surface area (Å²) in [6.45, 7) is 1.35. The average Bonchev–Trinajstić information content (AvgIpc) is 2.78. The van der Waals surface area contributed by atoms with Crippen molar-refractivity contribution in [1.29, 1.82) is 5.26 Å². The molecule has 0 atom stereocenters. The maximum Gasteiger partial charge on any atom is 0.297 e. The largest absolute Gasteiger partial charge is 0.493 e. The summed E-state index contributed by atoms with van der Waals surface area (Å²) < 4.78 is 30.3. The van der Waals surface area contributed by atoms with Gasteiger partial charge in [-0.3, -0.25) is 13.5 Å². The third-order valence-electron chi connectivity index (χ3n) is 4.50. The van der Waals surface area contributed by atoms with E-state index in [0.29, 0.717) is 11.3 Å². The maximum atomic E-state index is 12.2. The van der Waals surface area contributed by atoms with Gasteiger partial charge in [-0.2, -0.15) is 18.8 Å². The summed E-state index contributed by atoms with van der Waals surface area (Å²) in [6.07, 6.45) is 0. The van der Waals surface area contributed by atoms with Gasteiger partial charge in [-0.25, -0.2) is 0 Å². The number of benzene rings is 2. The van der Waals surface area contributed by atoms with Gasteiger partial charge in [-0.05, 0) is 36.8 Å². The highest BCUT2D eigenvalue weighted by molar-refractivity contribution is 7.86. The van der Waals surface area contributed by atoms with E-state index in [1.165, 1.54) is 26.1 Å². The molecule has 31 heavy (non-hydrogen) atoms. The van der Waals surface area contributed by atoms with Crippen molar-refractivity contribution in [3.63, 3.8) is 0 Å². The molecule has 0 spiro atoms. The first-order valence-electron chi connectivity index (χ1n) is 9.02. The fourth-order valence-electron chi connectivity index (χ4n) is 2.69. The summed E-state index contributed by atoms with van der Waals surface area (Å²) >= 11 is 0. The summed E-state index contributed by atoms with van der Waals surface area (Å²) in [4.78, 5) is 12.1. The van der Waals surface area contributed by atoms with Crippen LogP contribution >= 0.6 is 0 Å². The molecule has 2 aromatic carbocycles. The Kier molecular flexibility index (Phi) is 6.29. The zero-order valence-electron chi connectivity index (χ0n) is 16.7. The molecule has 0 aliphatic heterocycles. The molecule has 0 aliphatic rings. The van der Waals surface area contributed by atoms with Crippen molar-refractivity contribution >= 4 is 21.5 Å². The number of rotatable bonds is 6. The fraction of sp³-hybridized carbons (Fsp3) is 0.143. The number of nitriles is 1. The molecule has 0 saturated heterocycles. The molecule has 1 heterocycles. The van der Waals surface area contributed by atoms with E-state index in [1.807, 2.05) is 0 Å². The van der Waals surface area contributed by atoms with Gasteiger partial charge in [0.1, 0.15) is 11.6 Å². The second kappa shape index (κ2) is 8.91. The van der Waals surface area contributed by atoms with E-state index in [0.717, 1.165) is 4.57 Å². The molecular formula is C21H18N4O5S. The van der Waals surface area contributed by atoms with Gasteiger partial charge in [0, 0.05) is 12.6 Å². The number of azo groups is 1. The van der Waals surface area contributed by atoms with E-state index in [1.54, 1.807) is 48.5 Å². The van der Waals surface area contributed by atoms with Crippen molar-refractivity contribution in [3.8, 4) is 11.9 Å². The molecule has 3 rings (SSSR count). The Morgan fingerprint density at radius 3 is 2.35 bits per heavy atom. The molecule has 0 fully saturated rings. The van der Waals surface area contributed by atoms with Gasteiger partial charge in [-0.15, -0.1) is 5.11 Å². The zero-order chi connectivity index (χ0) is 22.6. The molecule has 9 nitrogen and oxygen atoms in total. The Morgan fingerprint density at radius 2 is 1.74 bits per heavy atom. The van der Waals surface area contributed by atoms with Gasteiger partial charge in [-0.1, -0.05) is 30.3 Å². The number of aromatic nitrogens is 1. The molecule has 0 amide bonds. The lowest BCUT2D eigenvalue weighted by molar-refractivity contribution is 0.308. The molecule has 0 aliphatic carbocycles. The lowest BCUT2D eigenvalue weighted by Gasteiger charge is -2.08. The number of hydrogen-bond donors (Lipinski definition) is 1. The first-order valence-corrected chi connectivity index (χ1v) is 10.4. The third kappa shape index (κ3) is 4.69. The van der Waals surface area contributed by atoms with Crippen LogP contribution in [-0.4, -0.2) is 18.1 Å². The van der Waals surface area contributed by atoms with Crippen LogP contribution in [0.3, 0.4) is 0 Å². The molecule has 0 bridgehead atoms. The van der Waals surface area contributed by atoms with Crippen molar-refractivity contribution in [3.05, 3.63) is 81.6 Å². The van der Waals surface area contributed by atoms with Crippen molar-refractivity contribution in [2.75, 3.05) is 0 Å². The van der Waals surface area contributed by atoms with E-state index < -0.39 is 21.6 Å². The van der Waals surface area contributed by atoms with Crippen molar-refractivity contribution < 1.29 is 17.7 Å². The van der Waals surface area contributed by atoms with Crippen LogP contribution in [0.5, 0.6) is 5.88 Å². The van der Waals surface area contributed by atoms with Crippen LogP contribution in [0, 0.1) is 18.3 Å². The normalized spacial score (nSPS) is 11.5.